The van der Waals surface area contributed by atoms with E-state index in [1.807, 2.05) is 0 Å². The lowest BCUT2D eigenvalue weighted by Crippen LogP contribution is -2.41. The summed E-state index contributed by atoms with van der Waals surface area (Å²) in [5.41, 5.74) is -1.14. The summed E-state index contributed by atoms with van der Waals surface area (Å²) in [4.78, 5) is 25.3. The molecular weight excluding hydrogens is 557 g/mol. The lowest BCUT2D eigenvalue weighted by atomic mass is 9.92. The van der Waals surface area contributed by atoms with Gasteiger partial charge in [-0.1, -0.05) is 11.6 Å². The van der Waals surface area contributed by atoms with Crippen LogP contribution in [0.3, 0.4) is 0 Å². The number of hydrogen-bond donors (Lipinski definition) is 2. The molecule has 208 valence electrons. The second-order valence-corrected chi connectivity index (χ2v) is 9.60. The first-order valence-electron chi connectivity index (χ1n) is 11.9. The van der Waals surface area contributed by atoms with Crippen LogP contribution in [0, 0.1) is 0 Å². The molecule has 5 aromatic rings. The van der Waals surface area contributed by atoms with Gasteiger partial charge in [0.05, 0.1) is 24.1 Å². The molecule has 6 rings (SSSR count). The van der Waals surface area contributed by atoms with Crippen LogP contribution in [0.5, 0.6) is 17.4 Å². The predicted octanol–water partition coefficient (Wildman–Crippen LogP) is 3.82. The lowest BCUT2D eigenvalue weighted by Gasteiger charge is -2.32. The van der Waals surface area contributed by atoms with E-state index < -0.39 is 29.5 Å². The first-order valence-corrected chi connectivity index (χ1v) is 12.3. The molecule has 1 aliphatic rings. The van der Waals surface area contributed by atoms with Crippen molar-refractivity contribution in [2.45, 2.75) is 31.2 Å². The Morgan fingerprint density at radius 3 is 2.65 bits per heavy atom. The Balaban J connectivity index is 1.35. The van der Waals surface area contributed by atoms with Crippen LogP contribution in [0.1, 0.15) is 18.4 Å². The van der Waals surface area contributed by atoms with Crippen LogP contribution in [0.15, 0.2) is 41.8 Å². The van der Waals surface area contributed by atoms with Crippen LogP contribution in [0.25, 0.3) is 16.7 Å². The molecule has 0 amide bonds. The molecule has 1 fully saturated rings. The van der Waals surface area contributed by atoms with Crippen molar-refractivity contribution in [1.29, 1.82) is 0 Å². The summed E-state index contributed by atoms with van der Waals surface area (Å²) in [7, 11) is 2.78. The van der Waals surface area contributed by atoms with E-state index in [0.29, 0.717) is 36.1 Å². The third-order valence-electron chi connectivity index (χ3n) is 6.59. The third-order valence-corrected chi connectivity index (χ3v) is 6.95. The summed E-state index contributed by atoms with van der Waals surface area (Å²) < 4.78 is 55.6. The van der Waals surface area contributed by atoms with Crippen LogP contribution in [0.4, 0.5) is 24.8 Å². The molecule has 40 heavy (non-hydrogen) atoms. The quantitative estimate of drug-likeness (QED) is 0.309. The standard InChI is InChI=1S/C24H20ClF3N8O4/c1-34-10-11(24(26,27)28)7-12(22(34)38)32-23-33-20-19(35(23)2)17(25)15(8-30-20)39-16-9-31-36-6-5-29-21(18(16)36)40-14-4-3-13(14)37/h5-10,13-14,37H,3-4H2,1-2H3,(H,30,32,33)/t13-,14+/m1/s1. The molecule has 12 nitrogen and oxygen atoms in total. The third kappa shape index (κ3) is 4.36. The van der Waals surface area contributed by atoms with Crippen molar-refractivity contribution < 1.29 is 27.8 Å². The molecule has 1 saturated carbocycles. The summed E-state index contributed by atoms with van der Waals surface area (Å²) in [6.07, 6.45) is 2.30. The number of halogens is 4. The Bertz CT molecular complexity index is 1830. The van der Waals surface area contributed by atoms with Gasteiger partial charge in [0.15, 0.2) is 22.7 Å². The Hall–Kier alpha value is -4.37. The molecule has 0 spiro atoms. The fourth-order valence-corrected chi connectivity index (χ4v) is 4.57. The number of aromatic nitrogens is 7. The molecule has 0 bridgehead atoms. The number of nitrogens with one attached hydrogen (secondary N) is 1. The van der Waals surface area contributed by atoms with Gasteiger partial charge in [0.25, 0.3) is 5.56 Å². The average molecular weight is 577 g/mol. The topological polar surface area (TPSA) is 134 Å². The van der Waals surface area contributed by atoms with Crippen LogP contribution < -0.4 is 20.3 Å². The van der Waals surface area contributed by atoms with Gasteiger partial charge in [-0.2, -0.15) is 23.3 Å². The van der Waals surface area contributed by atoms with E-state index in [1.165, 1.54) is 34.7 Å². The maximum absolute atomic E-state index is 13.3. The summed E-state index contributed by atoms with van der Waals surface area (Å²) >= 11 is 6.67. The van der Waals surface area contributed by atoms with E-state index in [-0.39, 0.29) is 39.7 Å². The number of aryl methyl sites for hydroxylation is 2. The van der Waals surface area contributed by atoms with Crippen molar-refractivity contribution in [3.05, 3.63) is 58.0 Å². The van der Waals surface area contributed by atoms with Gasteiger partial charge in [0, 0.05) is 32.7 Å². The number of alkyl halides is 3. The van der Waals surface area contributed by atoms with Gasteiger partial charge in [-0.15, -0.1) is 0 Å². The van der Waals surface area contributed by atoms with Gasteiger partial charge in [-0.3, -0.25) is 4.79 Å². The number of pyridine rings is 2. The van der Waals surface area contributed by atoms with Crippen molar-refractivity contribution in [2.75, 3.05) is 5.32 Å². The minimum Gasteiger partial charge on any atom is -0.470 e. The van der Waals surface area contributed by atoms with Gasteiger partial charge < -0.3 is 29.0 Å². The molecular formula is C24H20ClF3N8O4. The van der Waals surface area contributed by atoms with Crippen LogP contribution in [-0.2, 0) is 20.3 Å². The Morgan fingerprint density at radius 2 is 1.95 bits per heavy atom. The minimum atomic E-state index is -4.65. The van der Waals surface area contributed by atoms with Gasteiger partial charge in [0.1, 0.15) is 22.3 Å². The molecule has 0 saturated heterocycles. The molecule has 1 aliphatic carbocycles. The van der Waals surface area contributed by atoms with Crippen molar-refractivity contribution in [1.82, 2.24) is 33.7 Å². The highest BCUT2D eigenvalue weighted by Crippen LogP contribution is 2.39. The Labute approximate surface area is 227 Å². The van der Waals surface area contributed by atoms with E-state index in [2.05, 4.69) is 25.4 Å². The van der Waals surface area contributed by atoms with E-state index in [1.54, 1.807) is 13.2 Å². The number of imidazole rings is 1. The zero-order valence-corrected chi connectivity index (χ0v) is 21.6. The minimum absolute atomic E-state index is 0.0351. The second kappa shape index (κ2) is 9.38. The van der Waals surface area contributed by atoms with Crippen LogP contribution >= 0.6 is 11.6 Å². The molecule has 0 aliphatic heterocycles. The summed E-state index contributed by atoms with van der Waals surface area (Å²) in [6, 6.07) is 0.715. The lowest BCUT2D eigenvalue weighted by molar-refractivity contribution is -0.138. The summed E-state index contributed by atoms with van der Waals surface area (Å²) in [5.74, 6) is 0.645. The number of rotatable bonds is 6. The normalized spacial score (nSPS) is 17.3. The highest BCUT2D eigenvalue weighted by atomic mass is 35.5. The number of anilines is 2. The molecule has 2 atom stereocenters. The molecule has 2 N–H and O–H groups in total. The largest absolute Gasteiger partial charge is 0.470 e. The van der Waals surface area contributed by atoms with Crippen LogP contribution in [0.2, 0.25) is 5.02 Å². The van der Waals surface area contributed by atoms with E-state index >= 15 is 0 Å². The SMILES string of the molecule is Cn1cc(C(F)(F)F)cc(Nc2nc3ncc(Oc4cnn5ccnc(O[C@H]6CC[C@H]6O)c45)c(Cl)c3n2C)c1=O. The highest BCUT2D eigenvalue weighted by molar-refractivity contribution is 6.36. The number of hydrogen-bond acceptors (Lipinski definition) is 9. The Kier molecular flexibility index (Phi) is 6.07. The van der Waals surface area contributed by atoms with Crippen molar-refractivity contribution in [3.8, 4) is 17.4 Å². The molecule has 5 aromatic heterocycles. The van der Waals surface area contributed by atoms with Crippen molar-refractivity contribution in [2.24, 2.45) is 14.1 Å². The molecule has 0 aromatic carbocycles. The molecule has 0 unspecified atom stereocenters. The number of nitrogens with zero attached hydrogens (tertiary/aromatic N) is 7. The van der Waals surface area contributed by atoms with E-state index in [0.717, 1.165) is 4.57 Å². The van der Waals surface area contributed by atoms with Gasteiger partial charge in [0.2, 0.25) is 11.8 Å². The second-order valence-electron chi connectivity index (χ2n) is 9.22. The summed E-state index contributed by atoms with van der Waals surface area (Å²) in [6.45, 7) is 0. The fraction of sp³-hybridized carbons (Fsp3) is 0.292. The Morgan fingerprint density at radius 1 is 1.15 bits per heavy atom. The fourth-order valence-electron chi connectivity index (χ4n) is 4.27. The molecule has 0 radical (unpaired) electrons. The van der Waals surface area contributed by atoms with Gasteiger partial charge in [-0.25, -0.2) is 14.5 Å². The number of fused-ring (bicyclic) bond motifs is 2. The molecule has 5 heterocycles. The van der Waals surface area contributed by atoms with Gasteiger partial charge in [-0.05, 0) is 18.9 Å². The average Bonchev–Trinajstić information content (AvgIpc) is 3.46. The number of aliphatic hydroxyl groups is 1. The predicted molar refractivity (Wildman–Crippen MR) is 136 cm³/mol. The first-order chi connectivity index (χ1) is 19.0. The van der Waals surface area contributed by atoms with E-state index in [4.69, 9.17) is 21.1 Å². The van der Waals surface area contributed by atoms with Crippen molar-refractivity contribution in [3.63, 3.8) is 0 Å². The smallest absolute Gasteiger partial charge is 0.417 e. The zero-order valence-electron chi connectivity index (χ0n) is 20.8. The van der Waals surface area contributed by atoms with Crippen molar-refractivity contribution >= 4 is 39.9 Å². The maximum Gasteiger partial charge on any atom is 0.417 e. The summed E-state index contributed by atoms with van der Waals surface area (Å²) in [5, 5.41) is 16.9. The number of aliphatic hydroxyl groups excluding tert-OH is 1. The highest BCUT2D eigenvalue weighted by Gasteiger charge is 2.33. The first kappa shape index (κ1) is 25.9. The number of ether oxygens (including phenoxy) is 2. The molecule has 16 heteroatoms. The maximum atomic E-state index is 13.3. The van der Waals surface area contributed by atoms with Crippen LogP contribution in [-0.4, -0.2) is 51.0 Å². The monoisotopic (exact) mass is 576 g/mol. The van der Waals surface area contributed by atoms with Gasteiger partial charge >= 0.3 is 6.18 Å². The zero-order chi connectivity index (χ0) is 28.3. The van der Waals surface area contributed by atoms with E-state index in [9.17, 15) is 23.1 Å².